The maximum absolute atomic E-state index is 12.9. The summed E-state index contributed by atoms with van der Waals surface area (Å²) in [4.78, 5) is 19.8. The fourth-order valence-corrected chi connectivity index (χ4v) is 5.82. The van der Waals surface area contributed by atoms with Crippen molar-refractivity contribution in [2.45, 2.75) is 18.4 Å². The van der Waals surface area contributed by atoms with Crippen LogP contribution in [0.25, 0.3) is 11.2 Å². The molecule has 2 atom stereocenters. The summed E-state index contributed by atoms with van der Waals surface area (Å²) < 4.78 is 29.3. The molecule has 0 aliphatic carbocycles. The van der Waals surface area contributed by atoms with Crippen molar-refractivity contribution >= 4 is 27.0 Å². The van der Waals surface area contributed by atoms with Gasteiger partial charge >= 0.3 is 0 Å². The predicted octanol–water partition coefficient (Wildman–Crippen LogP) is 0.998. The Balaban J connectivity index is 1.36. The van der Waals surface area contributed by atoms with E-state index in [1.54, 1.807) is 35.3 Å². The highest BCUT2D eigenvalue weighted by Gasteiger charge is 2.45. The number of pyridine rings is 1. The average Bonchev–Trinajstić information content (AvgIpc) is 3.41. The molecule has 10 heteroatoms. The molecule has 2 saturated heterocycles. The van der Waals surface area contributed by atoms with Crippen molar-refractivity contribution < 1.29 is 8.42 Å². The number of aryl methyl sites for hydroxylation is 1. The molecule has 2 fully saturated rings. The van der Waals surface area contributed by atoms with Crippen LogP contribution >= 0.6 is 0 Å². The lowest BCUT2D eigenvalue weighted by molar-refractivity contribution is 0.453. The van der Waals surface area contributed by atoms with Gasteiger partial charge in [0.25, 0.3) is 0 Å². The molecule has 3 aromatic rings. The lowest BCUT2D eigenvalue weighted by atomic mass is 10.0. The first-order valence-corrected chi connectivity index (χ1v) is 10.8. The number of nitrogens with zero attached hydrogens (tertiary/aromatic N) is 7. The van der Waals surface area contributed by atoms with Crippen LogP contribution in [0.15, 0.2) is 42.1 Å². The Morgan fingerprint density at radius 3 is 2.57 bits per heavy atom. The number of sulfonamides is 1. The molecule has 0 aromatic carbocycles. The molecule has 146 valence electrons. The molecule has 0 spiro atoms. The molecule has 0 saturated carbocycles. The van der Waals surface area contributed by atoms with Crippen molar-refractivity contribution in [1.82, 2.24) is 28.8 Å². The number of fused-ring (bicyclic) bond motifs is 2. The molecule has 2 unspecified atom stereocenters. The highest BCUT2D eigenvalue weighted by molar-refractivity contribution is 7.89. The first kappa shape index (κ1) is 17.5. The van der Waals surface area contributed by atoms with Crippen molar-refractivity contribution in [3.05, 3.63) is 37.2 Å². The second kappa shape index (κ2) is 6.49. The van der Waals surface area contributed by atoms with Gasteiger partial charge in [-0.1, -0.05) is 0 Å². The number of anilines is 1. The van der Waals surface area contributed by atoms with E-state index >= 15 is 0 Å². The summed E-state index contributed by atoms with van der Waals surface area (Å²) in [5, 5.41) is 0. The van der Waals surface area contributed by atoms with Crippen LogP contribution in [-0.4, -0.2) is 63.4 Å². The first-order chi connectivity index (χ1) is 13.6. The number of hydrogen-bond acceptors (Lipinski definition) is 7. The number of aromatic nitrogens is 5. The van der Waals surface area contributed by atoms with Crippen LogP contribution in [-0.2, 0) is 16.6 Å². The van der Waals surface area contributed by atoms with Gasteiger partial charge in [0.05, 0.1) is 6.33 Å². The minimum absolute atomic E-state index is 0.259. The third kappa shape index (κ3) is 2.67. The molecular weight excluding hydrogens is 378 g/mol. The highest BCUT2D eigenvalue weighted by atomic mass is 32.2. The SMILES string of the molecule is CCn1cnc2c(N3CC4CN(S(=O)(=O)c5cccnc5)CC4C3)ncnc21. The fraction of sp³-hybridized carbons (Fsp3) is 0.444. The van der Waals surface area contributed by atoms with E-state index in [9.17, 15) is 8.42 Å². The highest BCUT2D eigenvalue weighted by Crippen LogP contribution is 2.37. The van der Waals surface area contributed by atoms with Crippen LogP contribution in [0.3, 0.4) is 0 Å². The van der Waals surface area contributed by atoms with E-state index in [1.807, 2.05) is 4.57 Å². The summed E-state index contributed by atoms with van der Waals surface area (Å²) in [6.45, 7) is 5.45. The molecule has 0 amide bonds. The monoisotopic (exact) mass is 399 g/mol. The lowest BCUT2D eigenvalue weighted by Gasteiger charge is -2.22. The van der Waals surface area contributed by atoms with Gasteiger partial charge in [-0.25, -0.2) is 23.4 Å². The Kier molecular flexibility index (Phi) is 4.06. The zero-order chi connectivity index (χ0) is 19.3. The summed E-state index contributed by atoms with van der Waals surface area (Å²) >= 11 is 0. The quantitative estimate of drug-likeness (QED) is 0.645. The van der Waals surface area contributed by atoms with Gasteiger partial charge in [-0.05, 0) is 30.9 Å². The van der Waals surface area contributed by atoms with Gasteiger partial charge in [-0.15, -0.1) is 0 Å². The third-order valence-corrected chi connectivity index (χ3v) is 7.56. The molecule has 2 aliphatic heterocycles. The average molecular weight is 399 g/mol. The fourth-order valence-electron chi connectivity index (χ4n) is 4.30. The van der Waals surface area contributed by atoms with E-state index in [-0.39, 0.29) is 16.7 Å². The van der Waals surface area contributed by atoms with E-state index < -0.39 is 10.0 Å². The predicted molar refractivity (Wildman–Crippen MR) is 103 cm³/mol. The molecule has 5 heterocycles. The van der Waals surface area contributed by atoms with E-state index in [1.165, 1.54) is 6.20 Å². The Morgan fingerprint density at radius 2 is 1.89 bits per heavy atom. The maximum Gasteiger partial charge on any atom is 0.244 e. The number of rotatable bonds is 4. The van der Waals surface area contributed by atoms with Crippen LogP contribution in [0.2, 0.25) is 0 Å². The zero-order valence-electron chi connectivity index (χ0n) is 15.5. The Bertz CT molecular complexity index is 1100. The summed E-state index contributed by atoms with van der Waals surface area (Å²) in [5.41, 5.74) is 1.65. The van der Waals surface area contributed by atoms with Crippen molar-refractivity contribution in [3.63, 3.8) is 0 Å². The van der Waals surface area contributed by atoms with E-state index in [4.69, 9.17) is 0 Å². The molecule has 28 heavy (non-hydrogen) atoms. The van der Waals surface area contributed by atoms with Gasteiger partial charge in [0.1, 0.15) is 11.2 Å². The van der Waals surface area contributed by atoms with Gasteiger partial charge in [0.15, 0.2) is 17.0 Å². The Hall–Kier alpha value is -2.59. The topological polar surface area (TPSA) is 97.1 Å². The molecule has 2 aliphatic rings. The molecule has 9 nitrogen and oxygen atoms in total. The summed E-state index contributed by atoms with van der Waals surface area (Å²) in [7, 11) is -3.49. The normalized spacial score (nSPS) is 22.8. The first-order valence-electron chi connectivity index (χ1n) is 9.39. The van der Waals surface area contributed by atoms with Crippen molar-refractivity contribution in [3.8, 4) is 0 Å². The molecule has 5 rings (SSSR count). The summed E-state index contributed by atoms with van der Waals surface area (Å²) in [6.07, 6.45) is 6.37. The van der Waals surface area contributed by atoms with Crippen LogP contribution < -0.4 is 4.90 Å². The number of imidazole rings is 1. The number of hydrogen-bond donors (Lipinski definition) is 0. The van der Waals surface area contributed by atoms with Crippen molar-refractivity contribution in [2.75, 3.05) is 31.1 Å². The van der Waals surface area contributed by atoms with Gasteiger partial charge < -0.3 is 9.47 Å². The van der Waals surface area contributed by atoms with Gasteiger partial charge in [0.2, 0.25) is 10.0 Å². The molecule has 0 bridgehead atoms. The van der Waals surface area contributed by atoms with Crippen LogP contribution in [0, 0.1) is 11.8 Å². The van der Waals surface area contributed by atoms with Crippen molar-refractivity contribution in [1.29, 1.82) is 0 Å². The zero-order valence-corrected chi connectivity index (χ0v) is 16.3. The molecular formula is C18H21N7O2S. The minimum Gasteiger partial charge on any atom is -0.354 e. The van der Waals surface area contributed by atoms with Gasteiger partial charge in [0, 0.05) is 45.1 Å². The molecule has 0 radical (unpaired) electrons. The van der Waals surface area contributed by atoms with E-state index in [0.29, 0.717) is 13.1 Å². The standard InChI is InChI=1S/C18H21N7O2S/c1-2-23-12-22-16-17(23)20-11-21-18(16)24-7-13-9-25(10-14(13)8-24)28(26,27)15-4-3-5-19-6-15/h3-6,11-14H,2,7-10H2,1H3. The van der Waals surface area contributed by atoms with Crippen LogP contribution in [0.1, 0.15) is 6.92 Å². The Labute approximate surface area is 163 Å². The third-order valence-electron chi connectivity index (χ3n) is 5.75. The second-order valence-electron chi connectivity index (χ2n) is 7.34. The lowest BCUT2D eigenvalue weighted by Crippen LogP contribution is -2.33. The second-order valence-corrected chi connectivity index (χ2v) is 9.27. The molecule has 3 aromatic heterocycles. The van der Waals surface area contributed by atoms with Crippen LogP contribution in [0.5, 0.6) is 0 Å². The van der Waals surface area contributed by atoms with Crippen LogP contribution in [0.4, 0.5) is 5.82 Å². The Morgan fingerprint density at radius 1 is 1.11 bits per heavy atom. The van der Waals surface area contributed by atoms with E-state index in [2.05, 4.69) is 31.8 Å². The molecule has 0 N–H and O–H groups in total. The smallest absolute Gasteiger partial charge is 0.244 e. The summed E-state index contributed by atoms with van der Waals surface area (Å²) in [5.74, 6) is 1.41. The van der Waals surface area contributed by atoms with E-state index in [0.717, 1.165) is 36.6 Å². The van der Waals surface area contributed by atoms with Gasteiger partial charge in [-0.3, -0.25) is 4.98 Å². The summed E-state index contributed by atoms with van der Waals surface area (Å²) in [6, 6.07) is 3.26. The van der Waals surface area contributed by atoms with Crippen molar-refractivity contribution in [2.24, 2.45) is 11.8 Å². The van der Waals surface area contributed by atoms with Gasteiger partial charge in [-0.2, -0.15) is 4.31 Å². The minimum atomic E-state index is -3.49. The largest absolute Gasteiger partial charge is 0.354 e. The maximum atomic E-state index is 12.9.